The van der Waals surface area contributed by atoms with Crippen molar-refractivity contribution >= 4 is 0 Å². The van der Waals surface area contributed by atoms with Gasteiger partial charge in [0, 0.05) is 13.2 Å². The number of nitrogens with zero attached hydrogens (tertiary/aromatic N) is 2. The van der Waals surface area contributed by atoms with E-state index in [4.69, 9.17) is 4.74 Å². The Balaban J connectivity index is 1.99. The Hall–Kier alpha value is -0.940. The van der Waals surface area contributed by atoms with Crippen LogP contribution in [0.5, 0.6) is 0 Å². The highest BCUT2D eigenvalue weighted by Gasteiger charge is 2.24. The molecular formula is C8H13N3O2. The summed E-state index contributed by atoms with van der Waals surface area (Å²) in [6, 6.07) is 0. The molecular weight excluding hydrogens is 170 g/mol. The zero-order valence-corrected chi connectivity index (χ0v) is 7.31. The van der Waals surface area contributed by atoms with Crippen molar-refractivity contribution in [2.24, 2.45) is 5.92 Å². The van der Waals surface area contributed by atoms with Crippen LogP contribution in [-0.4, -0.2) is 33.7 Å². The monoisotopic (exact) mass is 183 g/mol. The van der Waals surface area contributed by atoms with Crippen molar-refractivity contribution in [3.05, 3.63) is 11.9 Å². The molecule has 0 amide bonds. The highest BCUT2D eigenvalue weighted by Crippen LogP contribution is 2.27. The summed E-state index contributed by atoms with van der Waals surface area (Å²) in [5, 5.41) is 19.9. The molecule has 0 spiro atoms. The molecule has 1 aromatic heterocycles. The fourth-order valence-corrected chi connectivity index (χ4v) is 1.63. The number of hydrogen-bond donors (Lipinski definition) is 2. The summed E-state index contributed by atoms with van der Waals surface area (Å²) in [7, 11) is 0. The van der Waals surface area contributed by atoms with E-state index < -0.39 is 6.10 Å². The minimum atomic E-state index is -0.498. The zero-order valence-electron chi connectivity index (χ0n) is 7.31. The quantitative estimate of drug-likeness (QED) is 0.690. The van der Waals surface area contributed by atoms with Crippen molar-refractivity contribution in [2.75, 3.05) is 13.2 Å². The molecule has 0 aliphatic carbocycles. The Bertz CT molecular complexity index is 244. The van der Waals surface area contributed by atoms with Crippen molar-refractivity contribution in [1.29, 1.82) is 0 Å². The van der Waals surface area contributed by atoms with Gasteiger partial charge in [0.05, 0.1) is 6.20 Å². The molecule has 13 heavy (non-hydrogen) atoms. The van der Waals surface area contributed by atoms with E-state index in [1.165, 1.54) is 0 Å². The topological polar surface area (TPSA) is 71.0 Å². The van der Waals surface area contributed by atoms with Gasteiger partial charge < -0.3 is 9.84 Å². The second-order valence-corrected chi connectivity index (χ2v) is 3.29. The Morgan fingerprint density at radius 3 is 2.92 bits per heavy atom. The van der Waals surface area contributed by atoms with E-state index in [1.54, 1.807) is 6.20 Å². The van der Waals surface area contributed by atoms with Crippen LogP contribution in [0.1, 0.15) is 24.6 Å². The largest absolute Gasteiger partial charge is 0.386 e. The first-order valence-corrected chi connectivity index (χ1v) is 4.49. The molecule has 2 rings (SSSR count). The van der Waals surface area contributed by atoms with Gasteiger partial charge in [0.25, 0.3) is 0 Å². The normalized spacial score (nSPS) is 21.6. The Labute approximate surface area is 76.1 Å². The van der Waals surface area contributed by atoms with Gasteiger partial charge in [0.2, 0.25) is 0 Å². The van der Waals surface area contributed by atoms with Gasteiger partial charge in [0.1, 0.15) is 11.8 Å². The molecule has 72 valence electrons. The van der Waals surface area contributed by atoms with E-state index >= 15 is 0 Å². The maximum Gasteiger partial charge on any atom is 0.111 e. The lowest BCUT2D eigenvalue weighted by molar-refractivity contribution is 0.00554. The number of aromatic amines is 1. The number of nitrogens with one attached hydrogen (secondary N) is 1. The van der Waals surface area contributed by atoms with Gasteiger partial charge in [-0.3, -0.25) is 0 Å². The molecule has 1 unspecified atom stereocenters. The third kappa shape index (κ3) is 1.87. The van der Waals surface area contributed by atoms with Gasteiger partial charge in [-0.05, 0) is 18.8 Å². The van der Waals surface area contributed by atoms with Crippen LogP contribution in [0, 0.1) is 5.92 Å². The second kappa shape index (κ2) is 3.85. The molecule has 1 aromatic rings. The molecule has 0 radical (unpaired) electrons. The molecule has 5 heteroatoms. The Kier molecular flexibility index (Phi) is 2.56. The number of aliphatic hydroxyl groups excluding tert-OH is 1. The average Bonchev–Trinajstić information content (AvgIpc) is 2.71. The van der Waals surface area contributed by atoms with Crippen LogP contribution in [0.2, 0.25) is 0 Å². The maximum atomic E-state index is 9.86. The second-order valence-electron chi connectivity index (χ2n) is 3.29. The molecule has 0 bridgehead atoms. The van der Waals surface area contributed by atoms with Crippen LogP contribution >= 0.6 is 0 Å². The predicted molar refractivity (Wildman–Crippen MR) is 44.9 cm³/mol. The summed E-state index contributed by atoms with van der Waals surface area (Å²) < 4.78 is 5.21. The molecule has 5 nitrogen and oxygen atoms in total. The van der Waals surface area contributed by atoms with Crippen molar-refractivity contribution in [3.8, 4) is 0 Å². The van der Waals surface area contributed by atoms with Crippen molar-refractivity contribution < 1.29 is 9.84 Å². The molecule has 0 saturated carbocycles. The summed E-state index contributed by atoms with van der Waals surface area (Å²) in [5.41, 5.74) is 0.631. The average molecular weight is 183 g/mol. The van der Waals surface area contributed by atoms with Crippen molar-refractivity contribution in [2.45, 2.75) is 18.9 Å². The third-order valence-corrected chi connectivity index (χ3v) is 2.45. The maximum absolute atomic E-state index is 9.86. The van der Waals surface area contributed by atoms with Gasteiger partial charge in [-0.2, -0.15) is 15.4 Å². The standard InChI is InChI=1S/C8H13N3O2/c12-8(7-5-9-11-10-7)6-1-3-13-4-2-6/h5-6,8,12H,1-4H2,(H,9,10,11). The minimum absolute atomic E-state index is 0.263. The molecule has 2 N–H and O–H groups in total. The van der Waals surface area contributed by atoms with Crippen LogP contribution in [0.25, 0.3) is 0 Å². The van der Waals surface area contributed by atoms with Crippen molar-refractivity contribution in [3.63, 3.8) is 0 Å². The SMILES string of the molecule is OC(c1cn[nH]n1)C1CCOCC1. The first-order chi connectivity index (χ1) is 6.38. The third-order valence-electron chi connectivity index (χ3n) is 2.45. The summed E-state index contributed by atoms with van der Waals surface area (Å²) >= 11 is 0. The van der Waals surface area contributed by atoms with E-state index in [0.29, 0.717) is 5.69 Å². The number of hydrogen-bond acceptors (Lipinski definition) is 4. The number of aliphatic hydroxyl groups is 1. The van der Waals surface area contributed by atoms with Crippen LogP contribution < -0.4 is 0 Å². The van der Waals surface area contributed by atoms with Gasteiger partial charge in [-0.1, -0.05) is 0 Å². The van der Waals surface area contributed by atoms with Gasteiger partial charge in [-0.15, -0.1) is 0 Å². The summed E-state index contributed by atoms with van der Waals surface area (Å²) in [4.78, 5) is 0. The molecule has 1 aliphatic heterocycles. The lowest BCUT2D eigenvalue weighted by atomic mass is 9.92. The Morgan fingerprint density at radius 1 is 1.54 bits per heavy atom. The zero-order chi connectivity index (χ0) is 9.10. The molecule has 0 aromatic carbocycles. The van der Waals surface area contributed by atoms with E-state index in [2.05, 4.69) is 15.4 Å². The number of rotatable bonds is 2. The predicted octanol–water partition coefficient (Wildman–Crippen LogP) is 0.265. The number of aromatic nitrogens is 3. The first-order valence-electron chi connectivity index (χ1n) is 4.49. The smallest absolute Gasteiger partial charge is 0.111 e. The van der Waals surface area contributed by atoms with Crippen LogP contribution in [0.4, 0.5) is 0 Å². The van der Waals surface area contributed by atoms with Crippen molar-refractivity contribution in [1.82, 2.24) is 15.4 Å². The lowest BCUT2D eigenvalue weighted by Crippen LogP contribution is -2.22. The highest BCUT2D eigenvalue weighted by atomic mass is 16.5. The minimum Gasteiger partial charge on any atom is -0.386 e. The van der Waals surface area contributed by atoms with E-state index in [9.17, 15) is 5.11 Å². The first kappa shape index (κ1) is 8.65. The molecule has 1 atom stereocenters. The van der Waals surface area contributed by atoms with Gasteiger partial charge >= 0.3 is 0 Å². The van der Waals surface area contributed by atoms with E-state index in [0.717, 1.165) is 26.1 Å². The van der Waals surface area contributed by atoms with Crippen LogP contribution in [0.3, 0.4) is 0 Å². The van der Waals surface area contributed by atoms with E-state index in [-0.39, 0.29) is 5.92 Å². The van der Waals surface area contributed by atoms with E-state index in [1.807, 2.05) is 0 Å². The van der Waals surface area contributed by atoms with Crippen LogP contribution in [-0.2, 0) is 4.74 Å². The summed E-state index contributed by atoms with van der Waals surface area (Å²) in [6.07, 6.45) is 2.87. The highest BCUT2D eigenvalue weighted by molar-refractivity contribution is 4.98. The molecule has 2 heterocycles. The molecule has 1 aliphatic rings. The number of H-pyrrole nitrogens is 1. The van der Waals surface area contributed by atoms with Gasteiger partial charge in [-0.25, -0.2) is 0 Å². The molecule has 1 fully saturated rings. The summed E-state index contributed by atoms with van der Waals surface area (Å²) in [6.45, 7) is 1.47. The summed E-state index contributed by atoms with van der Waals surface area (Å²) in [5.74, 6) is 0.263. The lowest BCUT2D eigenvalue weighted by Gasteiger charge is -2.25. The van der Waals surface area contributed by atoms with Gasteiger partial charge in [0.15, 0.2) is 0 Å². The Morgan fingerprint density at radius 2 is 2.31 bits per heavy atom. The fourth-order valence-electron chi connectivity index (χ4n) is 1.63. The van der Waals surface area contributed by atoms with Crippen LogP contribution in [0.15, 0.2) is 6.20 Å². The number of ether oxygens (including phenoxy) is 1. The molecule has 1 saturated heterocycles. The fraction of sp³-hybridized carbons (Fsp3) is 0.750.